The van der Waals surface area contributed by atoms with Crippen LogP contribution in [0.1, 0.15) is 52.4 Å². The van der Waals surface area contributed by atoms with Crippen LogP contribution in [-0.4, -0.2) is 25.0 Å². The molecule has 17 heavy (non-hydrogen) atoms. The van der Waals surface area contributed by atoms with Gasteiger partial charge in [-0.3, -0.25) is 4.79 Å². The lowest BCUT2D eigenvalue weighted by atomic mass is 9.81. The van der Waals surface area contributed by atoms with E-state index in [1.165, 1.54) is 12.8 Å². The minimum Gasteiger partial charge on any atom is -0.353 e. The van der Waals surface area contributed by atoms with Crippen LogP contribution in [0.15, 0.2) is 0 Å². The lowest BCUT2D eigenvalue weighted by molar-refractivity contribution is -0.132. The van der Waals surface area contributed by atoms with Crippen LogP contribution in [-0.2, 0) is 4.79 Å². The molecule has 1 saturated carbocycles. The quantitative estimate of drug-likeness (QED) is 0.790. The van der Waals surface area contributed by atoms with E-state index in [-0.39, 0.29) is 5.41 Å². The number of nitrogens with one attached hydrogen (secondary N) is 2. The van der Waals surface area contributed by atoms with E-state index in [0.29, 0.717) is 17.9 Å². The van der Waals surface area contributed by atoms with Crippen LogP contribution in [0, 0.1) is 11.3 Å². The fraction of sp³-hybridized carbons (Fsp3) is 0.929. The second kappa shape index (κ2) is 5.38. The van der Waals surface area contributed by atoms with E-state index >= 15 is 0 Å². The minimum absolute atomic E-state index is 0.0371. The van der Waals surface area contributed by atoms with E-state index in [1.807, 2.05) is 0 Å². The fourth-order valence-electron chi connectivity index (χ4n) is 3.34. The van der Waals surface area contributed by atoms with Crippen LogP contribution in [0.4, 0.5) is 0 Å². The van der Waals surface area contributed by atoms with Crippen LogP contribution in [0.3, 0.4) is 0 Å². The van der Waals surface area contributed by atoms with Crippen molar-refractivity contribution in [1.29, 1.82) is 0 Å². The molecule has 2 rings (SSSR count). The van der Waals surface area contributed by atoms with Gasteiger partial charge in [-0.05, 0) is 44.7 Å². The van der Waals surface area contributed by atoms with Crippen molar-refractivity contribution in [3.8, 4) is 0 Å². The summed E-state index contributed by atoms with van der Waals surface area (Å²) < 4.78 is 0. The zero-order valence-corrected chi connectivity index (χ0v) is 11.2. The highest BCUT2D eigenvalue weighted by Gasteiger charge is 2.40. The fourth-order valence-corrected chi connectivity index (χ4v) is 3.34. The molecule has 1 amide bonds. The Balaban J connectivity index is 1.95. The Morgan fingerprint density at radius 2 is 2.12 bits per heavy atom. The maximum Gasteiger partial charge on any atom is 0.226 e. The zero-order chi connectivity index (χ0) is 12.3. The Bertz CT molecular complexity index is 271. The van der Waals surface area contributed by atoms with E-state index in [4.69, 9.17) is 0 Å². The summed E-state index contributed by atoms with van der Waals surface area (Å²) in [5.74, 6) is 0.888. The maximum absolute atomic E-state index is 12.5. The van der Waals surface area contributed by atoms with Crippen LogP contribution in [0.2, 0.25) is 0 Å². The molecule has 0 aromatic carbocycles. The summed E-state index contributed by atoms with van der Waals surface area (Å²) in [6, 6.07) is 0.382. The molecule has 98 valence electrons. The smallest absolute Gasteiger partial charge is 0.226 e. The first kappa shape index (κ1) is 12.9. The summed E-state index contributed by atoms with van der Waals surface area (Å²) in [5, 5.41) is 6.70. The summed E-state index contributed by atoms with van der Waals surface area (Å²) in [5.41, 5.74) is -0.0371. The number of amides is 1. The molecule has 2 aliphatic rings. The number of carbonyl (C=O) groups is 1. The van der Waals surface area contributed by atoms with Crippen molar-refractivity contribution in [2.45, 2.75) is 58.4 Å². The minimum atomic E-state index is -0.0371. The van der Waals surface area contributed by atoms with Crippen molar-refractivity contribution < 1.29 is 4.79 Å². The second-order valence-corrected chi connectivity index (χ2v) is 5.89. The first-order chi connectivity index (χ1) is 8.18. The topological polar surface area (TPSA) is 41.1 Å². The highest BCUT2D eigenvalue weighted by Crippen LogP contribution is 2.41. The molecule has 0 spiro atoms. The third-order valence-electron chi connectivity index (χ3n) is 4.82. The molecule has 2 unspecified atom stereocenters. The van der Waals surface area contributed by atoms with Gasteiger partial charge in [-0.25, -0.2) is 0 Å². The van der Waals surface area contributed by atoms with Crippen molar-refractivity contribution in [3.63, 3.8) is 0 Å². The van der Waals surface area contributed by atoms with Gasteiger partial charge in [0.2, 0.25) is 5.91 Å². The average molecular weight is 238 g/mol. The standard InChI is InChI=1S/C14H26N2O/c1-3-14(7-4-5-8-14)13(17)16-12-6-9-15-10-11(12)2/h11-12,15H,3-10H2,1-2H3,(H,16,17). The Morgan fingerprint density at radius 3 is 2.71 bits per heavy atom. The number of piperidine rings is 1. The number of rotatable bonds is 3. The summed E-state index contributed by atoms with van der Waals surface area (Å²) in [7, 11) is 0. The van der Waals surface area contributed by atoms with Crippen molar-refractivity contribution in [3.05, 3.63) is 0 Å². The lowest BCUT2D eigenvalue weighted by Gasteiger charge is -2.34. The number of hydrogen-bond acceptors (Lipinski definition) is 2. The highest BCUT2D eigenvalue weighted by atomic mass is 16.2. The summed E-state index contributed by atoms with van der Waals surface area (Å²) in [6.45, 7) is 6.46. The van der Waals surface area contributed by atoms with Gasteiger partial charge in [-0.1, -0.05) is 26.7 Å². The molecule has 3 nitrogen and oxygen atoms in total. The van der Waals surface area contributed by atoms with E-state index in [0.717, 1.165) is 38.8 Å². The van der Waals surface area contributed by atoms with Crippen LogP contribution >= 0.6 is 0 Å². The summed E-state index contributed by atoms with van der Waals surface area (Å²) in [6.07, 6.45) is 6.71. The highest BCUT2D eigenvalue weighted by molar-refractivity contribution is 5.83. The molecule has 0 aromatic rings. The van der Waals surface area contributed by atoms with Gasteiger partial charge in [-0.15, -0.1) is 0 Å². The number of hydrogen-bond donors (Lipinski definition) is 2. The lowest BCUT2D eigenvalue weighted by Crippen LogP contribution is -2.52. The first-order valence-corrected chi connectivity index (χ1v) is 7.19. The van der Waals surface area contributed by atoms with Gasteiger partial charge >= 0.3 is 0 Å². The van der Waals surface area contributed by atoms with E-state index in [1.54, 1.807) is 0 Å². The van der Waals surface area contributed by atoms with Crippen molar-refractivity contribution in [2.75, 3.05) is 13.1 Å². The summed E-state index contributed by atoms with van der Waals surface area (Å²) in [4.78, 5) is 12.5. The molecule has 2 fully saturated rings. The largest absolute Gasteiger partial charge is 0.353 e. The van der Waals surface area contributed by atoms with Gasteiger partial charge in [0.25, 0.3) is 0 Å². The summed E-state index contributed by atoms with van der Waals surface area (Å²) >= 11 is 0. The molecule has 1 aliphatic heterocycles. The van der Waals surface area contributed by atoms with E-state index in [2.05, 4.69) is 24.5 Å². The van der Waals surface area contributed by atoms with Gasteiger partial charge in [0.05, 0.1) is 0 Å². The van der Waals surface area contributed by atoms with Gasteiger partial charge in [0.1, 0.15) is 0 Å². The molecular weight excluding hydrogens is 212 g/mol. The monoisotopic (exact) mass is 238 g/mol. The van der Waals surface area contributed by atoms with E-state index in [9.17, 15) is 4.79 Å². The number of carbonyl (C=O) groups excluding carboxylic acids is 1. The Kier molecular flexibility index (Phi) is 4.08. The third kappa shape index (κ3) is 2.65. The average Bonchev–Trinajstić information content (AvgIpc) is 2.82. The molecule has 2 N–H and O–H groups in total. The molecule has 2 atom stereocenters. The predicted molar refractivity (Wildman–Crippen MR) is 69.8 cm³/mol. The van der Waals surface area contributed by atoms with Crippen molar-refractivity contribution in [2.24, 2.45) is 11.3 Å². The Hall–Kier alpha value is -0.570. The maximum atomic E-state index is 12.5. The van der Waals surface area contributed by atoms with E-state index < -0.39 is 0 Å². The molecule has 3 heteroatoms. The van der Waals surface area contributed by atoms with Crippen LogP contribution in [0.25, 0.3) is 0 Å². The van der Waals surface area contributed by atoms with Gasteiger partial charge < -0.3 is 10.6 Å². The Labute approximate surface area is 105 Å². The second-order valence-electron chi connectivity index (χ2n) is 5.89. The van der Waals surface area contributed by atoms with Gasteiger partial charge in [-0.2, -0.15) is 0 Å². The molecule has 1 heterocycles. The third-order valence-corrected chi connectivity index (χ3v) is 4.82. The molecule has 0 radical (unpaired) electrons. The molecule has 0 bridgehead atoms. The van der Waals surface area contributed by atoms with Gasteiger partial charge in [0, 0.05) is 11.5 Å². The SMILES string of the molecule is CCC1(C(=O)NC2CCNCC2C)CCCC1. The van der Waals surface area contributed by atoms with Crippen molar-refractivity contribution in [1.82, 2.24) is 10.6 Å². The van der Waals surface area contributed by atoms with Crippen LogP contribution < -0.4 is 10.6 Å². The van der Waals surface area contributed by atoms with Crippen molar-refractivity contribution >= 4 is 5.91 Å². The molecule has 1 saturated heterocycles. The van der Waals surface area contributed by atoms with Crippen LogP contribution in [0.5, 0.6) is 0 Å². The Morgan fingerprint density at radius 1 is 1.41 bits per heavy atom. The molecule has 0 aromatic heterocycles. The molecule has 1 aliphatic carbocycles. The predicted octanol–water partition coefficient (Wildman–Crippen LogP) is 2.07. The first-order valence-electron chi connectivity index (χ1n) is 7.19. The zero-order valence-electron chi connectivity index (χ0n) is 11.2. The molecular formula is C14H26N2O. The normalized spacial score (nSPS) is 32.4. The van der Waals surface area contributed by atoms with Gasteiger partial charge in [0.15, 0.2) is 0 Å².